The third kappa shape index (κ3) is 2.23. The van der Waals surface area contributed by atoms with E-state index in [0.29, 0.717) is 6.54 Å². The summed E-state index contributed by atoms with van der Waals surface area (Å²) in [5.41, 5.74) is 2.68. The summed E-state index contributed by atoms with van der Waals surface area (Å²) in [4.78, 5) is 0. The number of aryl methyl sites for hydroxylation is 1. The lowest BCUT2D eigenvalue weighted by atomic mass is 9.48. The lowest BCUT2D eigenvalue weighted by Gasteiger charge is -2.58. The quantitative estimate of drug-likeness (QED) is 0.902. The summed E-state index contributed by atoms with van der Waals surface area (Å²) >= 11 is 0. The van der Waals surface area contributed by atoms with Crippen LogP contribution in [0, 0.1) is 30.1 Å². The van der Waals surface area contributed by atoms with Crippen LogP contribution >= 0.6 is 0 Å². The minimum Gasteiger partial charge on any atom is -0.391 e. The highest BCUT2D eigenvalue weighted by Gasteiger charge is 2.53. The van der Waals surface area contributed by atoms with E-state index in [0.717, 1.165) is 34.8 Å². The van der Waals surface area contributed by atoms with Gasteiger partial charge in [0.15, 0.2) is 0 Å². The molecule has 2 heterocycles. The van der Waals surface area contributed by atoms with Crippen molar-refractivity contribution in [2.75, 3.05) is 11.9 Å². The van der Waals surface area contributed by atoms with Crippen LogP contribution in [0.2, 0.25) is 0 Å². The second kappa shape index (κ2) is 5.15. The SMILES string of the molecule is Cc1cc(NCC(O)C23CC4CC(CC(C4)C2)C3)c2nncn2n1. The molecule has 0 aliphatic heterocycles. The molecule has 0 aromatic carbocycles. The molecule has 0 radical (unpaired) electrons. The zero-order valence-corrected chi connectivity index (χ0v) is 14.1. The molecular formula is C18H25N5O. The molecule has 2 N–H and O–H groups in total. The summed E-state index contributed by atoms with van der Waals surface area (Å²) in [6.07, 6.45) is 9.20. The number of aliphatic hydroxyl groups excluding tert-OH is 1. The Morgan fingerprint density at radius 2 is 1.92 bits per heavy atom. The van der Waals surface area contributed by atoms with Crippen LogP contribution in [0.5, 0.6) is 0 Å². The number of aromatic nitrogens is 4. The lowest BCUT2D eigenvalue weighted by molar-refractivity contribution is -0.115. The second-order valence-electron chi connectivity index (χ2n) is 8.48. The van der Waals surface area contributed by atoms with Gasteiger partial charge >= 0.3 is 0 Å². The van der Waals surface area contributed by atoms with E-state index >= 15 is 0 Å². The molecular weight excluding hydrogens is 302 g/mol. The predicted molar refractivity (Wildman–Crippen MR) is 90.6 cm³/mol. The smallest absolute Gasteiger partial charge is 0.200 e. The minimum atomic E-state index is -0.289. The van der Waals surface area contributed by atoms with Crippen LogP contribution in [0.4, 0.5) is 5.69 Å². The molecule has 2 aromatic heterocycles. The summed E-state index contributed by atoms with van der Waals surface area (Å²) in [5, 5.41) is 26.9. The van der Waals surface area contributed by atoms with Crippen molar-refractivity contribution in [3.05, 3.63) is 18.1 Å². The van der Waals surface area contributed by atoms with Crippen LogP contribution in [0.25, 0.3) is 5.65 Å². The molecule has 2 aromatic rings. The molecule has 6 rings (SSSR count). The Hall–Kier alpha value is -1.69. The number of rotatable bonds is 4. The Balaban J connectivity index is 1.35. The third-order valence-electron chi connectivity index (χ3n) is 6.67. The van der Waals surface area contributed by atoms with Crippen molar-refractivity contribution < 1.29 is 5.11 Å². The summed E-state index contributed by atoms with van der Waals surface area (Å²) in [7, 11) is 0. The van der Waals surface area contributed by atoms with E-state index in [9.17, 15) is 5.11 Å². The second-order valence-corrected chi connectivity index (χ2v) is 8.48. The molecule has 6 heteroatoms. The fourth-order valence-electron chi connectivity index (χ4n) is 6.09. The maximum atomic E-state index is 11.0. The monoisotopic (exact) mass is 327 g/mol. The van der Waals surface area contributed by atoms with Crippen LogP contribution in [0.1, 0.15) is 44.2 Å². The van der Waals surface area contributed by atoms with Crippen molar-refractivity contribution in [2.24, 2.45) is 23.2 Å². The van der Waals surface area contributed by atoms with Gasteiger partial charge < -0.3 is 10.4 Å². The highest BCUT2D eigenvalue weighted by Crippen LogP contribution is 2.61. The molecule has 4 aliphatic rings. The Bertz CT molecular complexity index is 735. The molecule has 6 nitrogen and oxygen atoms in total. The topological polar surface area (TPSA) is 75.3 Å². The fourth-order valence-corrected chi connectivity index (χ4v) is 6.09. The van der Waals surface area contributed by atoms with Crippen molar-refractivity contribution in [2.45, 2.75) is 51.6 Å². The molecule has 4 saturated carbocycles. The molecule has 0 amide bonds. The van der Waals surface area contributed by atoms with Gasteiger partial charge in [-0.3, -0.25) is 0 Å². The fraction of sp³-hybridized carbons (Fsp3) is 0.722. The molecule has 0 spiro atoms. The lowest BCUT2D eigenvalue weighted by Crippen LogP contribution is -2.53. The van der Waals surface area contributed by atoms with Crippen molar-refractivity contribution >= 4 is 11.3 Å². The summed E-state index contributed by atoms with van der Waals surface area (Å²) in [5.74, 6) is 2.58. The average Bonchev–Trinajstić information content (AvgIpc) is 2.99. The van der Waals surface area contributed by atoms with Gasteiger partial charge in [-0.2, -0.15) is 9.61 Å². The van der Waals surface area contributed by atoms with Crippen molar-refractivity contribution in [1.29, 1.82) is 0 Å². The Morgan fingerprint density at radius 3 is 2.58 bits per heavy atom. The van der Waals surface area contributed by atoms with Gasteiger partial charge in [-0.15, -0.1) is 10.2 Å². The van der Waals surface area contributed by atoms with Crippen LogP contribution in [-0.4, -0.2) is 37.6 Å². The Kier molecular flexibility index (Phi) is 3.14. The first-order valence-corrected chi connectivity index (χ1v) is 9.21. The molecule has 1 atom stereocenters. The van der Waals surface area contributed by atoms with E-state index < -0.39 is 0 Å². The van der Waals surface area contributed by atoms with Crippen LogP contribution in [0.3, 0.4) is 0 Å². The maximum absolute atomic E-state index is 11.0. The van der Waals surface area contributed by atoms with Gasteiger partial charge in [-0.05, 0) is 74.7 Å². The first-order chi connectivity index (χ1) is 11.6. The molecule has 24 heavy (non-hydrogen) atoms. The third-order valence-corrected chi connectivity index (χ3v) is 6.67. The number of nitrogens with one attached hydrogen (secondary N) is 1. The zero-order chi connectivity index (χ0) is 16.3. The van der Waals surface area contributed by atoms with Gasteiger partial charge in [0.05, 0.1) is 17.5 Å². The Morgan fingerprint density at radius 1 is 1.25 bits per heavy atom. The molecule has 0 saturated heterocycles. The predicted octanol–water partition coefficient (Wildman–Crippen LogP) is 2.42. The van der Waals surface area contributed by atoms with Crippen molar-refractivity contribution in [3.63, 3.8) is 0 Å². The van der Waals surface area contributed by atoms with Gasteiger partial charge in [0, 0.05) is 6.54 Å². The standard InChI is InChI=1S/C18H25N5O/c1-11-2-15(17-21-20-10-23(17)22-11)19-9-16(24)18-6-12-3-13(7-18)5-14(4-12)8-18/h2,10,12-14,16,19,24H,3-9H2,1H3. The number of aliphatic hydroxyl groups is 1. The molecule has 128 valence electrons. The molecule has 4 bridgehead atoms. The highest BCUT2D eigenvalue weighted by molar-refractivity contribution is 5.66. The van der Waals surface area contributed by atoms with E-state index in [1.165, 1.54) is 38.5 Å². The van der Waals surface area contributed by atoms with Gasteiger partial charge in [0.25, 0.3) is 0 Å². The van der Waals surface area contributed by atoms with Gasteiger partial charge in [-0.1, -0.05) is 0 Å². The minimum absolute atomic E-state index is 0.147. The highest BCUT2D eigenvalue weighted by atomic mass is 16.3. The first-order valence-electron chi connectivity index (χ1n) is 9.21. The van der Waals surface area contributed by atoms with Crippen molar-refractivity contribution in [3.8, 4) is 0 Å². The van der Waals surface area contributed by atoms with Gasteiger partial charge in [0.1, 0.15) is 6.33 Å². The van der Waals surface area contributed by atoms with E-state index in [2.05, 4.69) is 20.6 Å². The maximum Gasteiger partial charge on any atom is 0.200 e. The van der Waals surface area contributed by atoms with E-state index in [1.54, 1.807) is 10.8 Å². The zero-order valence-electron chi connectivity index (χ0n) is 14.1. The average molecular weight is 327 g/mol. The summed E-state index contributed by atoms with van der Waals surface area (Å²) in [6.45, 7) is 2.54. The number of anilines is 1. The van der Waals surface area contributed by atoms with E-state index in [1.807, 2.05) is 13.0 Å². The largest absolute Gasteiger partial charge is 0.391 e. The number of hydrogen-bond acceptors (Lipinski definition) is 5. The van der Waals surface area contributed by atoms with E-state index in [4.69, 9.17) is 0 Å². The molecule has 4 fully saturated rings. The van der Waals surface area contributed by atoms with Crippen LogP contribution < -0.4 is 5.32 Å². The van der Waals surface area contributed by atoms with Crippen molar-refractivity contribution in [1.82, 2.24) is 19.8 Å². The normalized spacial score (nSPS) is 35.5. The number of nitrogens with zero attached hydrogens (tertiary/aromatic N) is 4. The van der Waals surface area contributed by atoms with E-state index in [-0.39, 0.29) is 11.5 Å². The van der Waals surface area contributed by atoms with Gasteiger partial charge in [0.2, 0.25) is 5.65 Å². The number of hydrogen-bond donors (Lipinski definition) is 2. The van der Waals surface area contributed by atoms with Crippen LogP contribution in [-0.2, 0) is 0 Å². The summed E-state index contributed by atoms with van der Waals surface area (Å²) in [6, 6.07) is 1.98. The molecule has 4 aliphatic carbocycles. The van der Waals surface area contributed by atoms with Crippen LogP contribution in [0.15, 0.2) is 12.4 Å². The molecule has 1 unspecified atom stereocenters. The number of fused-ring (bicyclic) bond motifs is 1. The summed E-state index contributed by atoms with van der Waals surface area (Å²) < 4.78 is 1.69. The van der Waals surface area contributed by atoms with Gasteiger partial charge in [-0.25, -0.2) is 0 Å². The first kappa shape index (κ1) is 14.6. The Labute approximate surface area is 141 Å².